The van der Waals surface area contributed by atoms with Gasteiger partial charge in [0.25, 0.3) is 0 Å². The zero-order valence-electron chi connectivity index (χ0n) is 63.5. The summed E-state index contributed by atoms with van der Waals surface area (Å²) in [5, 5.41) is 28.2. The van der Waals surface area contributed by atoms with Crippen molar-refractivity contribution in [3.63, 3.8) is 0 Å². The molecule has 113 heavy (non-hydrogen) atoms. The standard InChI is InChI=1S/2C30H32FN5O2.C29H30FN5O2/c1-22-2-4-24(5-3-22)19-34-14-16-35(17-15-34)20-27-21-36(13-11-23-6-8-26(31)9-7-23)29(33-27)28-18-25(30(37)38)10-12-32-28;31-25-9-7-23(8-10-25)12-16-36-27(20-33-30(36)28-19-24(11-13-32-28)29(38)22-37)21-34-14-4-15-35(18-17-34)26-5-2-1-3-6-26;30-24-9-7-22(8-10-24)12-16-35-26(20-32-28(35)27-19-23(29(36)37)11-13-31-27)21-33-14-4-15-34(18-17-33)25-5-2-1-3-6-25/h2-10,12,18,21H,11,13-17,19-20H2,1H3,(H,37,38);1-3,5-11,13,19-20,37H,4,12,14-18,21-22H2;1-3,5-11,13,19-20H,4,12,14-18,21H2,(H,36,37). The van der Waals surface area contributed by atoms with Crippen molar-refractivity contribution in [2.24, 2.45) is 0 Å². The molecule has 3 N–H and O–H groups in total. The number of pyridine rings is 3. The predicted octanol–water partition coefficient (Wildman–Crippen LogP) is 13.6. The van der Waals surface area contributed by atoms with Crippen LogP contribution < -0.4 is 9.80 Å². The van der Waals surface area contributed by atoms with Gasteiger partial charge in [0.1, 0.15) is 41.1 Å². The van der Waals surface area contributed by atoms with Gasteiger partial charge in [0.05, 0.1) is 40.6 Å². The number of benzene rings is 6. The number of rotatable bonds is 26. The summed E-state index contributed by atoms with van der Waals surface area (Å²) in [5.41, 5.74) is 13.6. The number of carbonyl (C=O) groups is 3. The largest absolute Gasteiger partial charge is 0.478 e. The molecule has 0 spiro atoms. The average molecular weight is 1530 g/mol. The molecule has 21 nitrogen and oxygen atoms in total. The van der Waals surface area contributed by atoms with Crippen molar-refractivity contribution in [2.75, 3.05) is 94.9 Å². The van der Waals surface area contributed by atoms with Gasteiger partial charge < -0.3 is 38.8 Å². The molecule has 6 aromatic carbocycles. The van der Waals surface area contributed by atoms with Gasteiger partial charge in [-0.2, -0.15) is 0 Å². The lowest BCUT2D eigenvalue weighted by Crippen LogP contribution is -2.45. The van der Waals surface area contributed by atoms with Crippen molar-refractivity contribution in [1.29, 1.82) is 0 Å². The van der Waals surface area contributed by atoms with Crippen LogP contribution in [-0.4, -0.2) is 181 Å². The number of aromatic carboxylic acids is 2. The summed E-state index contributed by atoms with van der Waals surface area (Å²) < 4.78 is 46.5. The normalized spacial score (nSPS) is 14.5. The average Bonchev–Trinajstić information content (AvgIpc) is 1.68. The topological polar surface area (TPSA) is 223 Å². The van der Waals surface area contributed by atoms with Crippen LogP contribution >= 0.6 is 0 Å². The molecular formula is C89H94F3N15O6. The Morgan fingerprint density at radius 2 is 0.788 bits per heavy atom. The van der Waals surface area contributed by atoms with Crippen molar-refractivity contribution in [3.05, 3.63) is 310 Å². The Labute approximate surface area is 656 Å². The number of nitrogens with zero attached hydrogens (tertiary/aromatic N) is 15. The molecule has 582 valence electrons. The number of carboxylic acids is 2. The second kappa shape index (κ2) is 38.9. The third-order valence-electron chi connectivity index (χ3n) is 20.8. The predicted molar refractivity (Wildman–Crippen MR) is 431 cm³/mol. The molecule has 0 radical (unpaired) electrons. The maximum absolute atomic E-state index is 13.4. The highest BCUT2D eigenvalue weighted by Gasteiger charge is 2.25. The minimum absolute atomic E-state index is 0.174. The fourth-order valence-corrected chi connectivity index (χ4v) is 14.6. The van der Waals surface area contributed by atoms with E-state index in [1.165, 1.54) is 83.4 Å². The Morgan fingerprint density at radius 3 is 1.23 bits per heavy atom. The van der Waals surface area contributed by atoms with Gasteiger partial charge in [-0.25, -0.2) is 37.7 Å². The van der Waals surface area contributed by atoms with Gasteiger partial charge in [-0.05, 0) is 158 Å². The number of carboxylic acid groups (broad SMARTS) is 2. The van der Waals surface area contributed by atoms with Gasteiger partial charge in [-0.3, -0.25) is 39.3 Å². The fraction of sp³-hybridized carbons (Fsp3) is 0.292. The molecule has 15 rings (SSSR count). The molecule has 3 aliphatic rings. The first-order valence-electron chi connectivity index (χ1n) is 38.5. The molecule has 0 atom stereocenters. The Hall–Kier alpha value is -11.8. The van der Waals surface area contributed by atoms with E-state index in [9.17, 15) is 42.9 Å². The quantitative estimate of drug-likeness (QED) is 0.0429. The van der Waals surface area contributed by atoms with Crippen LogP contribution in [0.4, 0.5) is 24.5 Å². The first-order valence-corrected chi connectivity index (χ1v) is 38.5. The number of para-hydroxylation sites is 2. The Morgan fingerprint density at radius 1 is 0.398 bits per heavy atom. The van der Waals surface area contributed by atoms with E-state index in [1.54, 1.807) is 66.9 Å². The van der Waals surface area contributed by atoms with Crippen molar-refractivity contribution < 1.29 is 42.9 Å². The summed E-state index contributed by atoms with van der Waals surface area (Å²) in [6.07, 6.45) is 14.6. The smallest absolute Gasteiger partial charge is 0.335 e. The number of aliphatic hydroxyl groups is 1. The molecule has 6 aromatic heterocycles. The lowest BCUT2D eigenvalue weighted by atomic mass is 10.1. The number of imidazole rings is 3. The summed E-state index contributed by atoms with van der Waals surface area (Å²) >= 11 is 0. The van der Waals surface area contributed by atoms with Crippen LogP contribution in [0.3, 0.4) is 0 Å². The van der Waals surface area contributed by atoms with E-state index >= 15 is 0 Å². The number of carbonyl (C=O) groups excluding carboxylic acids is 1. The van der Waals surface area contributed by atoms with E-state index in [0.717, 1.165) is 145 Å². The van der Waals surface area contributed by atoms with Crippen LogP contribution in [0.25, 0.3) is 34.6 Å². The second-order valence-corrected chi connectivity index (χ2v) is 28.8. The van der Waals surface area contributed by atoms with Gasteiger partial charge in [0, 0.05) is 166 Å². The maximum Gasteiger partial charge on any atom is 0.335 e. The molecule has 12 aromatic rings. The van der Waals surface area contributed by atoms with Crippen LogP contribution in [0.5, 0.6) is 0 Å². The first-order chi connectivity index (χ1) is 55.1. The monoisotopic (exact) mass is 1530 g/mol. The van der Waals surface area contributed by atoms with E-state index in [1.807, 2.05) is 35.3 Å². The zero-order valence-corrected chi connectivity index (χ0v) is 63.5. The number of hydrogen-bond acceptors (Lipinski definition) is 16. The van der Waals surface area contributed by atoms with Crippen LogP contribution in [-0.2, 0) is 65.1 Å². The van der Waals surface area contributed by atoms with Gasteiger partial charge in [0.2, 0.25) is 0 Å². The number of anilines is 2. The maximum atomic E-state index is 13.4. The number of ketones is 1. The molecule has 24 heteroatoms. The molecule has 3 aliphatic heterocycles. The van der Waals surface area contributed by atoms with Crippen LogP contribution in [0, 0.1) is 24.4 Å². The number of aliphatic hydroxyl groups excluding tert-OH is 1. The number of hydrogen-bond donors (Lipinski definition) is 3. The van der Waals surface area contributed by atoms with Gasteiger partial charge in [-0.1, -0.05) is 103 Å². The summed E-state index contributed by atoms with van der Waals surface area (Å²) in [6, 6.07) is 58.7. The number of aromatic nitrogens is 9. The molecule has 9 heterocycles. The lowest BCUT2D eigenvalue weighted by Gasteiger charge is -2.34. The van der Waals surface area contributed by atoms with E-state index in [2.05, 4.69) is 138 Å². The van der Waals surface area contributed by atoms with E-state index in [0.29, 0.717) is 85.6 Å². The lowest BCUT2D eigenvalue weighted by molar-refractivity contribution is 0.0686. The minimum Gasteiger partial charge on any atom is -0.478 e. The Bertz CT molecular complexity index is 5080. The first kappa shape index (κ1) is 79.3. The molecule has 0 amide bonds. The highest BCUT2D eigenvalue weighted by molar-refractivity contribution is 5.97. The second-order valence-electron chi connectivity index (χ2n) is 28.8. The molecule has 0 aliphatic carbocycles. The number of halogens is 3. The highest BCUT2D eigenvalue weighted by Crippen LogP contribution is 2.28. The number of piperazine rings is 1. The fourth-order valence-electron chi connectivity index (χ4n) is 14.6. The number of Topliss-reactive ketones (excluding diaryl/α,β-unsaturated/α-hetero) is 1. The van der Waals surface area contributed by atoms with Gasteiger partial charge >= 0.3 is 11.9 Å². The van der Waals surface area contributed by atoms with Gasteiger partial charge in [-0.15, -0.1) is 0 Å². The highest BCUT2D eigenvalue weighted by atomic mass is 19.1. The summed E-state index contributed by atoms with van der Waals surface area (Å²) in [6.45, 7) is 18.3. The zero-order chi connectivity index (χ0) is 78.4. The third kappa shape index (κ3) is 22.1. The van der Waals surface area contributed by atoms with Crippen molar-refractivity contribution in [3.8, 4) is 34.6 Å². The molecule has 3 fully saturated rings. The molecule has 0 bridgehead atoms. The van der Waals surface area contributed by atoms with E-state index < -0.39 is 18.5 Å². The van der Waals surface area contributed by atoms with Crippen LogP contribution in [0.2, 0.25) is 0 Å². The van der Waals surface area contributed by atoms with Crippen molar-refractivity contribution >= 4 is 29.1 Å². The summed E-state index contributed by atoms with van der Waals surface area (Å²) in [5.74, 6) is -1.16. The third-order valence-corrected chi connectivity index (χ3v) is 20.8. The molecular weight excluding hydrogens is 1430 g/mol. The minimum atomic E-state index is -0.999. The van der Waals surface area contributed by atoms with E-state index in [-0.39, 0.29) is 34.4 Å². The van der Waals surface area contributed by atoms with Gasteiger partial charge in [0.15, 0.2) is 23.3 Å². The van der Waals surface area contributed by atoms with Crippen molar-refractivity contribution in [1.82, 2.24) is 63.2 Å². The molecule has 0 saturated carbocycles. The number of aryl methyl sites for hydroxylation is 5. The molecule has 3 saturated heterocycles. The van der Waals surface area contributed by atoms with Crippen LogP contribution in [0.15, 0.2) is 231 Å². The van der Waals surface area contributed by atoms with E-state index in [4.69, 9.17) is 9.97 Å². The van der Waals surface area contributed by atoms with Crippen LogP contribution in [0.1, 0.15) is 88.8 Å². The summed E-state index contributed by atoms with van der Waals surface area (Å²) in [7, 11) is 0. The SMILES string of the molecule is Cc1ccc(CN2CCN(Cc3cn(CCc4ccc(F)cc4)c(-c4cc(C(=O)O)ccn4)n3)CC2)cc1.O=C(CO)c1ccnc(-c2ncc(CN3CCCN(c4ccccc4)CC3)n2CCc2ccc(F)cc2)c1.O=C(O)c1ccnc(-c2ncc(CN3CCCN(c4ccccc4)CC3)n2CCc2ccc(F)cc2)c1. The summed E-state index contributed by atoms with van der Waals surface area (Å²) in [4.78, 5) is 77.4. The van der Waals surface area contributed by atoms with Crippen molar-refractivity contribution in [2.45, 2.75) is 84.8 Å². The Balaban J connectivity index is 0.000000148. The Kier molecular flexibility index (Phi) is 27.3. The molecule has 0 unspecified atom stereocenters.